The summed E-state index contributed by atoms with van der Waals surface area (Å²) >= 11 is 0. The molecule has 1 nitrogen and oxygen atoms in total. The molecule has 3 saturated carbocycles. The molecule has 0 saturated heterocycles. The molecule has 0 bridgehead atoms. The first-order chi connectivity index (χ1) is 15.1. The summed E-state index contributed by atoms with van der Waals surface area (Å²) < 4.78 is 0. The molecule has 0 spiro atoms. The van der Waals surface area contributed by atoms with Crippen LogP contribution in [0.15, 0.2) is 11.6 Å². The summed E-state index contributed by atoms with van der Waals surface area (Å²) in [5.41, 5.74) is 3.01. The van der Waals surface area contributed by atoms with Gasteiger partial charge >= 0.3 is 0 Å². The molecule has 2 unspecified atom stereocenters. The summed E-state index contributed by atoms with van der Waals surface area (Å²) in [6.45, 7) is 24.9. The molecule has 1 heteroatoms. The molecular weight excluding hydrogens is 400 g/mol. The van der Waals surface area contributed by atoms with E-state index in [2.05, 4.69) is 75.3 Å². The van der Waals surface area contributed by atoms with Crippen LogP contribution >= 0.6 is 0 Å². The van der Waals surface area contributed by atoms with Crippen LogP contribution in [-0.4, -0.2) is 5.78 Å². The predicted molar refractivity (Wildman–Crippen MR) is 141 cm³/mol. The Balaban J connectivity index is 1.65. The van der Waals surface area contributed by atoms with E-state index in [1.54, 1.807) is 5.57 Å². The molecule has 0 aromatic rings. The highest BCUT2D eigenvalue weighted by Crippen LogP contribution is 2.73. The average Bonchev–Trinajstić information content (AvgIpc) is 2.99. The third-order valence-corrected chi connectivity index (χ3v) is 12.5. The van der Waals surface area contributed by atoms with Crippen molar-refractivity contribution in [3.8, 4) is 0 Å². The smallest absolute Gasteiger partial charge is 0.159 e. The number of hydrogen-bond acceptors (Lipinski definition) is 1. The van der Waals surface area contributed by atoms with Crippen LogP contribution in [0.5, 0.6) is 0 Å². The maximum Gasteiger partial charge on any atom is 0.159 e. The lowest BCUT2D eigenvalue weighted by Gasteiger charge is -2.62. The third-order valence-electron chi connectivity index (χ3n) is 12.5. The largest absolute Gasteiger partial charge is 0.295 e. The Morgan fingerprint density at radius 1 is 0.970 bits per heavy atom. The van der Waals surface area contributed by atoms with Crippen molar-refractivity contribution >= 4 is 5.78 Å². The zero-order chi connectivity index (χ0) is 24.6. The van der Waals surface area contributed by atoms with Gasteiger partial charge in [-0.1, -0.05) is 81.2 Å². The van der Waals surface area contributed by atoms with Crippen molar-refractivity contribution in [1.29, 1.82) is 0 Å². The number of hydrogen-bond donors (Lipinski definition) is 0. The Morgan fingerprint density at radius 3 is 2.27 bits per heavy atom. The second kappa shape index (κ2) is 7.96. The predicted octanol–water partition coefficient (Wildman–Crippen LogP) is 9.26. The van der Waals surface area contributed by atoms with Gasteiger partial charge in [0.05, 0.1) is 0 Å². The Hall–Kier alpha value is -0.590. The molecular formula is C32H54O. The molecule has 0 heterocycles. The van der Waals surface area contributed by atoms with E-state index in [0.717, 1.165) is 18.3 Å². The molecule has 0 aromatic heterocycles. The third kappa shape index (κ3) is 3.81. The molecule has 0 amide bonds. The van der Waals surface area contributed by atoms with Gasteiger partial charge in [-0.2, -0.15) is 0 Å². The van der Waals surface area contributed by atoms with Crippen LogP contribution in [-0.2, 0) is 4.79 Å². The van der Waals surface area contributed by atoms with Gasteiger partial charge in [-0.3, -0.25) is 4.79 Å². The number of carbonyl (C=O) groups is 1. The molecule has 4 aliphatic rings. The molecule has 188 valence electrons. The summed E-state index contributed by atoms with van der Waals surface area (Å²) in [4.78, 5) is 13.6. The van der Waals surface area contributed by atoms with Crippen LogP contribution in [0, 0.1) is 56.7 Å². The van der Waals surface area contributed by atoms with E-state index >= 15 is 0 Å². The van der Waals surface area contributed by atoms with Crippen molar-refractivity contribution in [2.45, 2.75) is 127 Å². The van der Waals surface area contributed by atoms with Gasteiger partial charge in [-0.25, -0.2) is 0 Å². The first-order valence-corrected chi connectivity index (χ1v) is 14.3. The Labute approximate surface area is 206 Å². The van der Waals surface area contributed by atoms with Crippen molar-refractivity contribution in [2.75, 3.05) is 0 Å². The van der Waals surface area contributed by atoms with Gasteiger partial charge in [0.25, 0.3) is 0 Å². The van der Waals surface area contributed by atoms with E-state index in [0.29, 0.717) is 33.9 Å². The second-order valence-electron chi connectivity index (χ2n) is 15.7. The molecule has 0 aliphatic heterocycles. The number of rotatable bonds is 4. The van der Waals surface area contributed by atoms with E-state index in [-0.39, 0.29) is 16.7 Å². The molecule has 3 fully saturated rings. The van der Waals surface area contributed by atoms with Gasteiger partial charge < -0.3 is 0 Å². The van der Waals surface area contributed by atoms with E-state index in [1.807, 2.05) is 0 Å². The lowest BCUT2D eigenvalue weighted by Crippen LogP contribution is -2.56. The molecule has 0 aromatic carbocycles. The fourth-order valence-electron chi connectivity index (χ4n) is 9.47. The van der Waals surface area contributed by atoms with Crippen molar-refractivity contribution < 1.29 is 4.79 Å². The minimum absolute atomic E-state index is 0.189. The lowest BCUT2D eigenvalue weighted by molar-refractivity contribution is -0.132. The molecule has 0 N–H and O–H groups in total. The number of carbonyl (C=O) groups excluding carboxylic acids is 1. The highest BCUT2D eigenvalue weighted by atomic mass is 16.1. The van der Waals surface area contributed by atoms with Crippen LogP contribution in [0.2, 0.25) is 0 Å². The molecule has 4 aliphatic carbocycles. The SMILES string of the molecule is C[C@H]1CC[C@@]2(C)C(C1)C(=O)C=C1C2CC[C@]2(C)[C@@H](C(C)(C)[C@H](C)CCC(C)(C)C)CC[C@@]12C. The quantitative estimate of drug-likeness (QED) is 0.413. The lowest BCUT2D eigenvalue weighted by atomic mass is 9.42. The summed E-state index contributed by atoms with van der Waals surface area (Å²) in [7, 11) is 0. The molecule has 0 radical (unpaired) electrons. The zero-order valence-electron chi connectivity index (χ0n) is 23.7. The monoisotopic (exact) mass is 454 g/mol. The van der Waals surface area contributed by atoms with E-state index in [1.165, 1.54) is 51.4 Å². The minimum Gasteiger partial charge on any atom is -0.295 e. The normalized spacial score (nSPS) is 44.5. The van der Waals surface area contributed by atoms with Crippen molar-refractivity contribution in [1.82, 2.24) is 0 Å². The standard InChI is InChI=1S/C32H54O/c1-21-11-16-30(8)23-13-17-32(10)27(29(6,7)22(2)12-15-28(3,4)5)14-18-31(32,9)24(23)20-26(33)25(30)19-21/h20-23,25,27H,11-19H2,1-10H3/t21-,22+,23?,25?,27+,30+,31-,32+/m0/s1. The zero-order valence-corrected chi connectivity index (χ0v) is 23.7. The van der Waals surface area contributed by atoms with Gasteiger partial charge in [-0.15, -0.1) is 0 Å². The maximum absolute atomic E-state index is 13.6. The average molecular weight is 455 g/mol. The molecule has 4 rings (SSSR count). The van der Waals surface area contributed by atoms with Gasteiger partial charge in [0.2, 0.25) is 0 Å². The van der Waals surface area contributed by atoms with Crippen LogP contribution < -0.4 is 0 Å². The Morgan fingerprint density at radius 2 is 1.64 bits per heavy atom. The molecule has 33 heavy (non-hydrogen) atoms. The van der Waals surface area contributed by atoms with Crippen LogP contribution in [0.3, 0.4) is 0 Å². The second-order valence-corrected chi connectivity index (χ2v) is 15.7. The molecule has 8 atom stereocenters. The van der Waals surface area contributed by atoms with Gasteiger partial charge in [-0.05, 0) is 108 Å². The highest BCUT2D eigenvalue weighted by Gasteiger charge is 2.66. The van der Waals surface area contributed by atoms with E-state index in [4.69, 9.17) is 0 Å². The summed E-state index contributed by atoms with van der Waals surface area (Å²) in [6, 6.07) is 0. The fourth-order valence-corrected chi connectivity index (χ4v) is 9.47. The number of fused-ring (bicyclic) bond motifs is 5. The summed E-state index contributed by atoms with van der Waals surface area (Å²) in [6.07, 6.45) is 13.8. The first kappa shape index (κ1) is 25.5. The van der Waals surface area contributed by atoms with Crippen LogP contribution in [0.4, 0.5) is 0 Å². The van der Waals surface area contributed by atoms with Crippen LogP contribution in [0.25, 0.3) is 0 Å². The Kier molecular flexibility index (Phi) is 6.15. The topological polar surface area (TPSA) is 17.1 Å². The Bertz CT molecular complexity index is 811. The van der Waals surface area contributed by atoms with Crippen LogP contribution in [0.1, 0.15) is 127 Å². The van der Waals surface area contributed by atoms with Crippen molar-refractivity contribution in [2.24, 2.45) is 56.7 Å². The number of ketones is 1. The minimum atomic E-state index is 0.189. The van der Waals surface area contributed by atoms with E-state index < -0.39 is 0 Å². The van der Waals surface area contributed by atoms with E-state index in [9.17, 15) is 4.79 Å². The van der Waals surface area contributed by atoms with Gasteiger partial charge in [0, 0.05) is 5.92 Å². The van der Waals surface area contributed by atoms with Crippen molar-refractivity contribution in [3.05, 3.63) is 11.6 Å². The summed E-state index contributed by atoms with van der Waals surface area (Å²) in [5.74, 6) is 3.54. The number of allylic oxidation sites excluding steroid dienone is 2. The fraction of sp³-hybridized carbons (Fsp3) is 0.906. The van der Waals surface area contributed by atoms with Gasteiger partial charge in [0.15, 0.2) is 5.78 Å². The highest BCUT2D eigenvalue weighted by molar-refractivity contribution is 5.94. The first-order valence-electron chi connectivity index (χ1n) is 14.3. The van der Waals surface area contributed by atoms with Gasteiger partial charge in [0.1, 0.15) is 0 Å². The summed E-state index contributed by atoms with van der Waals surface area (Å²) in [5, 5.41) is 0. The van der Waals surface area contributed by atoms with Crippen molar-refractivity contribution in [3.63, 3.8) is 0 Å². The maximum atomic E-state index is 13.6.